The summed E-state index contributed by atoms with van der Waals surface area (Å²) < 4.78 is 0. The number of rotatable bonds is 4. The van der Waals surface area contributed by atoms with Crippen LogP contribution in [0.2, 0.25) is 0 Å². The standard InChI is InChI=1S/C29H28N2/c1-4-13-24(14-5-1)29(25-15-6-2-7-16-25,26-17-8-3-9-18-26)27-19-12-20-28(30-23-27)31-21-10-11-22-31/h1-9,12-19,23H,10-11,20-22H2. The van der Waals surface area contributed by atoms with Gasteiger partial charge >= 0.3 is 0 Å². The highest BCUT2D eigenvalue weighted by molar-refractivity contribution is 5.85. The molecule has 2 nitrogen and oxygen atoms in total. The molecular weight excluding hydrogens is 376 g/mol. The predicted molar refractivity (Wildman–Crippen MR) is 129 cm³/mol. The molecule has 0 radical (unpaired) electrons. The van der Waals surface area contributed by atoms with Crippen molar-refractivity contribution in [2.75, 3.05) is 13.1 Å². The topological polar surface area (TPSA) is 15.6 Å². The Kier molecular flexibility index (Phi) is 5.54. The molecule has 3 aromatic carbocycles. The van der Waals surface area contributed by atoms with Gasteiger partial charge in [0, 0.05) is 25.7 Å². The van der Waals surface area contributed by atoms with Gasteiger partial charge in [-0.1, -0.05) is 103 Å². The van der Waals surface area contributed by atoms with Gasteiger partial charge < -0.3 is 4.90 Å². The summed E-state index contributed by atoms with van der Waals surface area (Å²) in [6, 6.07) is 32.5. The number of aliphatic imine (C=N–C) groups is 1. The Bertz CT molecular complexity index is 993. The van der Waals surface area contributed by atoms with Gasteiger partial charge in [0.05, 0.1) is 5.41 Å². The van der Waals surface area contributed by atoms with Gasteiger partial charge in [-0.05, 0) is 35.1 Å². The molecule has 3 aromatic rings. The van der Waals surface area contributed by atoms with Crippen LogP contribution in [0.25, 0.3) is 0 Å². The van der Waals surface area contributed by atoms with Crippen LogP contribution in [0.5, 0.6) is 0 Å². The first kappa shape index (κ1) is 19.6. The molecule has 0 aliphatic carbocycles. The van der Waals surface area contributed by atoms with Gasteiger partial charge in [-0.25, -0.2) is 4.99 Å². The van der Waals surface area contributed by atoms with E-state index in [0.29, 0.717) is 0 Å². The molecule has 2 aliphatic heterocycles. The van der Waals surface area contributed by atoms with Crippen LogP contribution < -0.4 is 0 Å². The molecule has 0 saturated carbocycles. The second kappa shape index (κ2) is 8.77. The molecule has 2 heteroatoms. The number of benzene rings is 3. The Morgan fingerprint density at radius 1 is 0.645 bits per heavy atom. The van der Waals surface area contributed by atoms with E-state index in [1.54, 1.807) is 0 Å². The van der Waals surface area contributed by atoms with Crippen LogP contribution in [-0.4, -0.2) is 23.8 Å². The summed E-state index contributed by atoms with van der Waals surface area (Å²) in [5, 5.41) is 0. The van der Waals surface area contributed by atoms with E-state index in [1.165, 1.54) is 40.9 Å². The third-order valence-corrected chi connectivity index (χ3v) is 6.48. The molecule has 5 rings (SSSR count). The van der Waals surface area contributed by atoms with Crippen molar-refractivity contribution < 1.29 is 0 Å². The van der Waals surface area contributed by atoms with E-state index in [4.69, 9.17) is 4.99 Å². The fraction of sp³-hybridized carbons (Fsp3) is 0.207. The molecule has 0 aromatic heterocycles. The van der Waals surface area contributed by atoms with Crippen LogP contribution in [-0.2, 0) is 5.41 Å². The van der Waals surface area contributed by atoms with E-state index in [0.717, 1.165) is 19.5 Å². The van der Waals surface area contributed by atoms with Gasteiger partial charge in [0.2, 0.25) is 0 Å². The lowest BCUT2D eigenvalue weighted by Gasteiger charge is -2.37. The first-order valence-corrected chi connectivity index (χ1v) is 11.2. The molecule has 1 fully saturated rings. The second-order valence-electron chi connectivity index (χ2n) is 8.28. The summed E-state index contributed by atoms with van der Waals surface area (Å²) in [7, 11) is 0. The Morgan fingerprint density at radius 2 is 1.13 bits per heavy atom. The van der Waals surface area contributed by atoms with Crippen LogP contribution in [0.15, 0.2) is 120 Å². The number of hydrogen-bond donors (Lipinski definition) is 0. The molecule has 0 amide bonds. The second-order valence-corrected chi connectivity index (χ2v) is 8.28. The maximum atomic E-state index is 5.05. The van der Waals surface area contributed by atoms with Crippen molar-refractivity contribution in [3.05, 3.63) is 132 Å². The van der Waals surface area contributed by atoms with Crippen molar-refractivity contribution in [2.24, 2.45) is 4.99 Å². The quantitative estimate of drug-likeness (QED) is 0.462. The van der Waals surface area contributed by atoms with Crippen molar-refractivity contribution >= 4 is 5.84 Å². The largest absolute Gasteiger partial charge is 0.360 e. The fourth-order valence-electron chi connectivity index (χ4n) is 5.00. The SMILES string of the molecule is C1=CC(C(c2ccccc2)(c2ccccc2)c2ccccc2)=CN=C(N2CCCC2)C1. The minimum atomic E-state index is -0.426. The maximum Gasteiger partial charge on any atom is 0.108 e. The average molecular weight is 405 g/mol. The maximum absolute atomic E-state index is 5.05. The zero-order valence-electron chi connectivity index (χ0n) is 17.8. The van der Waals surface area contributed by atoms with Gasteiger partial charge in [-0.15, -0.1) is 0 Å². The van der Waals surface area contributed by atoms with Gasteiger partial charge in [0.25, 0.3) is 0 Å². The van der Waals surface area contributed by atoms with Crippen LogP contribution in [0, 0.1) is 0 Å². The molecule has 2 aliphatic rings. The van der Waals surface area contributed by atoms with E-state index < -0.39 is 5.41 Å². The van der Waals surface area contributed by atoms with Gasteiger partial charge in [-0.3, -0.25) is 0 Å². The summed E-state index contributed by atoms with van der Waals surface area (Å²) in [5.41, 5.74) is 4.53. The first-order valence-electron chi connectivity index (χ1n) is 11.2. The lowest BCUT2D eigenvalue weighted by molar-refractivity contribution is 0.511. The minimum Gasteiger partial charge on any atom is -0.360 e. The number of hydrogen-bond acceptors (Lipinski definition) is 2. The first-order chi connectivity index (χ1) is 15.4. The zero-order valence-corrected chi connectivity index (χ0v) is 17.8. The Balaban J connectivity index is 1.76. The Labute approximate surface area is 185 Å². The van der Waals surface area contributed by atoms with Crippen molar-refractivity contribution in [3.8, 4) is 0 Å². The van der Waals surface area contributed by atoms with Crippen LogP contribution in [0.4, 0.5) is 0 Å². The number of allylic oxidation sites excluding steroid dienone is 2. The molecule has 1 saturated heterocycles. The molecule has 154 valence electrons. The number of nitrogens with zero attached hydrogens (tertiary/aromatic N) is 2. The number of likely N-dealkylation sites (tertiary alicyclic amines) is 1. The summed E-state index contributed by atoms with van der Waals surface area (Å²) in [4.78, 5) is 7.49. The fourth-order valence-corrected chi connectivity index (χ4v) is 5.00. The van der Waals surface area contributed by atoms with Crippen molar-refractivity contribution in [3.63, 3.8) is 0 Å². The normalized spacial score (nSPS) is 16.6. The summed E-state index contributed by atoms with van der Waals surface area (Å²) in [6.07, 6.45) is 10.1. The van der Waals surface area contributed by atoms with Crippen molar-refractivity contribution in [1.82, 2.24) is 4.90 Å². The Hall–Kier alpha value is -3.39. The minimum absolute atomic E-state index is 0.426. The van der Waals surface area contributed by atoms with Crippen molar-refractivity contribution in [2.45, 2.75) is 24.7 Å². The Morgan fingerprint density at radius 3 is 1.61 bits per heavy atom. The zero-order chi connectivity index (χ0) is 20.9. The average Bonchev–Trinajstić information content (AvgIpc) is 3.27. The predicted octanol–water partition coefficient (Wildman–Crippen LogP) is 6.36. The van der Waals surface area contributed by atoms with E-state index in [-0.39, 0.29) is 0 Å². The molecule has 31 heavy (non-hydrogen) atoms. The lowest BCUT2D eigenvalue weighted by atomic mass is 9.65. The van der Waals surface area contributed by atoms with Crippen LogP contribution in [0.1, 0.15) is 36.0 Å². The van der Waals surface area contributed by atoms with E-state index >= 15 is 0 Å². The summed E-state index contributed by atoms with van der Waals surface area (Å²) in [5.74, 6) is 1.19. The summed E-state index contributed by atoms with van der Waals surface area (Å²) >= 11 is 0. The van der Waals surface area contributed by atoms with E-state index in [1.807, 2.05) is 0 Å². The third-order valence-electron chi connectivity index (χ3n) is 6.48. The van der Waals surface area contributed by atoms with Crippen LogP contribution >= 0.6 is 0 Å². The number of amidine groups is 1. The highest BCUT2D eigenvalue weighted by atomic mass is 15.2. The molecular formula is C29H28N2. The third kappa shape index (κ3) is 3.63. The summed E-state index contributed by atoms with van der Waals surface area (Å²) in [6.45, 7) is 2.24. The molecule has 0 bridgehead atoms. The van der Waals surface area contributed by atoms with Gasteiger partial charge in [-0.2, -0.15) is 0 Å². The van der Waals surface area contributed by atoms with E-state index in [2.05, 4.69) is 114 Å². The van der Waals surface area contributed by atoms with E-state index in [9.17, 15) is 0 Å². The molecule has 0 unspecified atom stereocenters. The smallest absolute Gasteiger partial charge is 0.108 e. The van der Waals surface area contributed by atoms with Gasteiger partial charge in [0.15, 0.2) is 0 Å². The molecule has 2 heterocycles. The lowest BCUT2D eigenvalue weighted by Crippen LogP contribution is -2.31. The monoisotopic (exact) mass is 404 g/mol. The molecule has 0 N–H and O–H groups in total. The van der Waals surface area contributed by atoms with Crippen LogP contribution in [0.3, 0.4) is 0 Å². The highest BCUT2D eigenvalue weighted by Crippen LogP contribution is 2.46. The molecule has 0 spiro atoms. The highest BCUT2D eigenvalue weighted by Gasteiger charge is 2.39. The van der Waals surface area contributed by atoms with Gasteiger partial charge in [0.1, 0.15) is 5.84 Å². The molecule has 0 atom stereocenters. The van der Waals surface area contributed by atoms with Crippen molar-refractivity contribution in [1.29, 1.82) is 0 Å².